The lowest BCUT2D eigenvalue weighted by Gasteiger charge is -2.16. The van der Waals surface area contributed by atoms with Gasteiger partial charge in [-0.1, -0.05) is 0 Å². The molecule has 1 unspecified atom stereocenters. The first-order valence-corrected chi connectivity index (χ1v) is 4.58. The molecule has 0 radical (unpaired) electrons. The highest BCUT2D eigenvalue weighted by atomic mass is 16.5. The van der Waals surface area contributed by atoms with Crippen LogP contribution in [0.4, 0.5) is 0 Å². The minimum Gasteiger partial charge on any atom is -0.367 e. The summed E-state index contributed by atoms with van der Waals surface area (Å²) >= 11 is 0. The average molecular weight is 174 g/mol. The minimum atomic E-state index is 0.236. The molecule has 0 aromatic carbocycles. The van der Waals surface area contributed by atoms with Crippen LogP contribution in [-0.2, 0) is 4.74 Å². The molecule has 0 amide bonds. The van der Waals surface area contributed by atoms with Gasteiger partial charge in [0.1, 0.15) is 6.23 Å². The summed E-state index contributed by atoms with van der Waals surface area (Å²) in [6, 6.07) is 0. The smallest absolute Gasteiger partial charge is 0.106 e. The Morgan fingerprint density at radius 1 is 1.25 bits per heavy atom. The topological polar surface area (TPSA) is 24.5 Å². The summed E-state index contributed by atoms with van der Waals surface area (Å²) < 4.78 is 4.94. The molecule has 74 valence electrons. The molecule has 0 aromatic rings. The summed E-state index contributed by atoms with van der Waals surface area (Å²) in [5.74, 6) is 0. The highest BCUT2D eigenvalue weighted by Gasteiger charge is 1.97. The van der Waals surface area contributed by atoms with Gasteiger partial charge in [-0.15, -0.1) is 0 Å². The van der Waals surface area contributed by atoms with Crippen LogP contribution in [0.15, 0.2) is 0 Å². The number of rotatable bonds is 2. The van der Waals surface area contributed by atoms with E-state index in [9.17, 15) is 0 Å². The fraction of sp³-hybridized carbons (Fsp3) is 1.00. The van der Waals surface area contributed by atoms with E-state index in [4.69, 9.17) is 4.74 Å². The van der Waals surface area contributed by atoms with Crippen LogP contribution in [0.5, 0.6) is 0 Å². The van der Waals surface area contributed by atoms with Crippen LogP contribution in [0.1, 0.15) is 19.8 Å². The molecule has 0 aliphatic carbocycles. The fourth-order valence-electron chi connectivity index (χ4n) is 0.836. The van der Waals surface area contributed by atoms with Crippen molar-refractivity contribution in [3.63, 3.8) is 0 Å². The van der Waals surface area contributed by atoms with E-state index in [1.54, 1.807) is 7.11 Å². The van der Waals surface area contributed by atoms with Gasteiger partial charge >= 0.3 is 0 Å². The molecule has 0 bridgehead atoms. The van der Waals surface area contributed by atoms with E-state index in [1.165, 1.54) is 25.9 Å². The number of hydrogen-bond acceptors (Lipinski definition) is 3. The van der Waals surface area contributed by atoms with Crippen LogP contribution in [-0.4, -0.2) is 45.4 Å². The van der Waals surface area contributed by atoms with Gasteiger partial charge in [0.2, 0.25) is 0 Å². The van der Waals surface area contributed by atoms with E-state index in [1.807, 2.05) is 25.9 Å². The molecule has 12 heavy (non-hydrogen) atoms. The maximum Gasteiger partial charge on any atom is 0.106 e. The van der Waals surface area contributed by atoms with E-state index in [-0.39, 0.29) is 6.23 Å². The first-order chi connectivity index (χ1) is 5.68. The molecular weight excluding hydrogens is 152 g/mol. The second kappa shape index (κ2) is 7.53. The van der Waals surface area contributed by atoms with E-state index < -0.39 is 0 Å². The number of hydrogen-bond donors (Lipinski definition) is 1. The van der Waals surface area contributed by atoms with Gasteiger partial charge in [-0.3, -0.25) is 4.90 Å². The van der Waals surface area contributed by atoms with Gasteiger partial charge in [0.15, 0.2) is 0 Å². The van der Waals surface area contributed by atoms with E-state index in [2.05, 4.69) is 5.32 Å². The van der Waals surface area contributed by atoms with Gasteiger partial charge < -0.3 is 10.1 Å². The van der Waals surface area contributed by atoms with E-state index >= 15 is 0 Å². The largest absolute Gasteiger partial charge is 0.367 e. The Balaban J connectivity index is 0.000000211. The zero-order chi connectivity index (χ0) is 9.40. The lowest BCUT2D eigenvalue weighted by atomic mass is 10.4. The van der Waals surface area contributed by atoms with Crippen LogP contribution in [0.25, 0.3) is 0 Å². The van der Waals surface area contributed by atoms with Crippen molar-refractivity contribution in [1.82, 2.24) is 10.2 Å². The van der Waals surface area contributed by atoms with Crippen molar-refractivity contribution in [2.24, 2.45) is 0 Å². The molecule has 1 N–H and O–H groups in total. The SMILES string of the molecule is C1CCNC1.COC(C)N(C)C. The van der Waals surface area contributed by atoms with Gasteiger partial charge in [0.05, 0.1) is 0 Å². The Kier molecular flexibility index (Phi) is 7.45. The van der Waals surface area contributed by atoms with E-state index in [0.29, 0.717) is 0 Å². The molecule has 1 atom stereocenters. The van der Waals surface area contributed by atoms with E-state index in [0.717, 1.165) is 0 Å². The van der Waals surface area contributed by atoms with Gasteiger partial charge in [-0.05, 0) is 47.0 Å². The van der Waals surface area contributed by atoms with Gasteiger partial charge in [0, 0.05) is 7.11 Å². The second-order valence-electron chi connectivity index (χ2n) is 3.26. The first kappa shape index (κ1) is 11.9. The van der Waals surface area contributed by atoms with Gasteiger partial charge in [-0.2, -0.15) is 0 Å². The summed E-state index contributed by atoms with van der Waals surface area (Å²) in [6.07, 6.45) is 3.01. The molecule has 1 fully saturated rings. The van der Waals surface area contributed by atoms with Crippen molar-refractivity contribution in [3.8, 4) is 0 Å². The summed E-state index contributed by atoms with van der Waals surface area (Å²) in [7, 11) is 5.66. The van der Waals surface area contributed by atoms with Crippen molar-refractivity contribution in [2.75, 3.05) is 34.3 Å². The molecule has 3 heteroatoms. The molecule has 3 nitrogen and oxygen atoms in total. The van der Waals surface area contributed by atoms with Crippen LogP contribution >= 0.6 is 0 Å². The third-order valence-electron chi connectivity index (χ3n) is 2.03. The summed E-state index contributed by atoms with van der Waals surface area (Å²) in [4.78, 5) is 2.00. The lowest BCUT2D eigenvalue weighted by molar-refractivity contribution is 0.0116. The third-order valence-corrected chi connectivity index (χ3v) is 2.03. The molecule has 1 aliphatic rings. The molecule has 1 heterocycles. The molecule has 1 rings (SSSR count). The Morgan fingerprint density at radius 3 is 1.83 bits per heavy atom. The summed E-state index contributed by atoms with van der Waals surface area (Å²) in [5.41, 5.74) is 0. The Morgan fingerprint density at radius 2 is 1.75 bits per heavy atom. The summed E-state index contributed by atoms with van der Waals surface area (Å²) in [5, 5.41) is 3.22. The Hall–Kier alpha value is -0.120. The highest BCUT2D eigenvalue weighted by molar-refractivity contribution is 4.55. The second-order valence-corrected chi connectivity index (χ2v) is 3.26. The summed E-state index contributed by atoms with van der Waals surface area (Å²) in [6.45, 7) is 4.50. The Labute approximate surface area is 76.1 Å². The normalized spacial score (nSPS) is 18.8. The zero-order valence-corrected chi connectivity index (χ0v) is 8.76. The Bertz CT molecular complexity index is 84.9. The van der Waals surface area contributed by atoms with Crippen LogP contribution in [0.2, 0.25) is 0 Å². The highest BCUT2D eigenvalue weighted by Crippen LogP contribution is 1.90. The number of nitrogens with one attached hydrogen (secondary N) is 1. The molecule has 0 aromatic heterocycles. The lowest BCUT2D eigenvalue weighted by Crippen LogP contribution is -2.25. The predicted molar refractivity (Wildman–Crippen MR) is 52.3 cm³/mol. The van der Waals surface area contributed by atoms with Crippen molar-refractivity contribution in [3.05, 3.63) is 0 Å². The van der Waals surface area contributed by atoms with Crippen molar-refractivity contribution in [1.29, 1.82) is 0 Å². The number of methoxy groups -OCH3 is 1. The van der Waals surface area contributed by atoms with Crippen LogP contribution < -0.4 is 5.32 Å². The quantitative estimate of drug-likeness (QED) is 0.630. The third kappa shape index (κ3) is 6.58. The standard InChI is InChI=1S/C5H13NO.C4H9N/c1-5(7-4)6(2)3;1-2-4-5-3-1/h5H,1-4H3;5H,1-4H2. The average Bonchev–Trinajstić information content (AvgIpc) is 2.59. The fourth-order valence-corrected chi connectivity index (χ4v) is 0.836. The number of ether oxygens (including phenoxy) is 1. The zero-order valence-electron chi connectivity index (χ0n) is 8.76. The number of nitrogens with zero attached hydrogens (tertiary/aromatic N) is 1. The predicted octanol–water partition coefficient (Wildman–Crippen LogP) is 0.910. The van der Waals surface area contributed by atoms with Crippen LogP contribution in [0, 0.1) is 0 Å². The van der Waals surface area contributed by atoms with Crippen molar-refractivity contribution >= 4 is 0 Å². The maximum atomic E-state index is 4.94. The first-order valence-electron chi connectivity index (χ1n) is 4.58. The van der Waals surface area contributed by atoms with Crippen molar-refractivity contribution < 1.29 is 4.74 Å². The van der Waals surface area contributed by atoms with Gasteiger partial charge in [0.25, 0.3) is 0 Å². The molecule has 0 saturated carbocycles. The monoisotopic (exact) mass is 174 g/mol. The molecule has 1 saturated heterocycles. The van der Waals surface area contributed by atoms with Crippen molar-refractivity contribution in [2.45, 2.75) is 26.0 Å². The molecular formula is C9H22N2O. The van der Waals surface area contributed by atoms with Crippen LogP contribution in [0.3, 0.4) is 0 Å². The molecule has 1 aliphatic heterocycles. The minimum absolute atomic E-state index is 0.236. The molecule has 0 spiro atoms. The van der Waals surface area contributed by atoms with Gasteiger partial charge in [-0.25, -0.2) is 0 Å². The maximum absolute atomic E-state index is 4.94.